The molecule has 1 amide bonds. The van der Waals surface area contributed by atoms with Gasteiger partial charge in [0.2, 0.25) is 5.91 Å². The van der Waals surface area contributed by atoms with Crippen LogP contribution in [0.1, 0.15) is 258 Å². The number of amides is 1. The van der Waals surface area contributed by atoms with Crippen molar-refractivity contribution in [3.05, 3.63) is 12.2 Å². The first-order chi connectivity index (χ1) is 31.7. The summed E-state index contributed by atoms with van der Waals surface area (Å²) >= 11 is 0. The molecule has 8 N–H and O–H groups in total. The average molecular weight is 928 g/mol. The van der Waals surface area contributed by atoms with Gasteiger partial charge in [-0.3, -0.25) is 4.79 Å². The molecule has 1 aliphatic heterocycles. The topological polar surface area (TPSA) is 189 Å². The van der Waals surface area contributed by atoms with Gasteiger partial charge in [-0.1, -0.05) is 231 Å². The van der Waals surface area contributed by atoms with Crippen molar-refractivity contribution in [1.82, 2.24) is 5.32 Å². The zero-order valence-corrected chi connectivity index (χ0v) is 42.0. The first-order valence-corrected chi connectivity index (χ1v) is 27.6. The summed E-state index contributed by atoms with van der Waals surface area (Å²) in [4.78, 5) is 13.1. The van der Waals surface area contributed by atoms with Crippen molar-refractivity contribution in [3.63, 3.8) is 0 Å². The fraction of sp³-hybridized carbons (Fsp3) is 0.944. The van der Waals surface area contributed by atoms with Crippen LogP contribution in [0.3, 0.4) is 0 Å². The molecule has 0 radical (unpaired) electrons. The Hall–Kier alpha value is -1.15. The van der Waals surface area contributed by atoms with Gasteiger partial charge in [0.05, 0.1) is 25.4 Å². The molecule has 1 fully saturated rings. The number of carbonyl (C=O) groups excluding carboxylic acids is 1. The van der Waals surface area contributed by atoms with Gasteiger partial charge < -0.3 is 50.5 Å². The molecule has 1 rings (SSSR count). The SMILES string of the molecule is CCCCCCCCCCCCCC/C=C\CCCCCCCCCCCCCCCCCC(O)C(=O)NC(COC1OC(CO)C(O)C(O)C1O)C(O)C(O)CCCCCCCCC. The van der Waals surface area contributed by atoms with Crippen molar-refractivity contribution in [2.24, 2.45) is 0 Å². The highest BCUT2D eigenvalue weighted by Gasteiger charge is 2.44. The lowest BCUT2D eigenvalue weighted by atomic mass is 9.98. The molecule has 0 aromatic carbocycles. The van der Waals surface area contributed by atoms with Gasteiger partial charge in [0.15, 0.2) is 6.29 Å². The van der Waals surface area contributed by atoms with Crippen molar-refractivity contribution in [2.45, 2.75) is 313 Å². The van der Waals surface area contributed by atoms with Crippen LogP contribution in [0, 0.1) is 0 Å². The minimum atomic E-state index is -1.66. The average Bonchev–Trinajstić information content (AvgIpc) is 3.31. The van der Waals surface area contributed by atoms with Crippen LogP contribution in [0.15, 0.2) is 12.2 Å². The Morgan fingerprint density at radius 2 is 0.892 bits per heavy atom. The fourth-order valence-corrected chi connectivity index (χ4v) is 9.03. The Morgan fingerprint density at radius 3 is 1.29 bits per heavy atom. The van der Waals surface area contributed by atoms with Gasteiger partial charge in [-0.25, -0.2) is 0 Å². The van der Waals surface area contributed by atoms with Crippen molar-refractivity contribution in [2.75, 3.05) is 13.2 Å². The zero-order valence-electron chi connectivity index (χ0n) is 42.0. The summed E-state index contributed by atoms with van der Waals surface area (Å²) in [7, 11) is 0. The molecule has 0 bridgehead atoms. The van der Waals surface area contributed by atoms with Gasteiger partial charge in [0.25, 0.3) is 0 Å². The second kappa shape index (κ2) is 44.1. The highest BCUT2D eigenvalue weighted by molar-refractivity contribution is 5.80. The summed E-state index contributed by atoms with van der Waals surface area (Å²) < 4.78 is 11.1. The normalized spacial score (nSPS) is 20.9. The summed E-state index contributed by atoms with van der Waals surface area (Å²) in [6, 6.07) is -1.16. The number of aliphatic hydroxyl groups excluding tert-OH is 7. The first kappa shape index (κ1) is 61.9. The van der Waals surface area contributed by atoms with Gasteiger partial charge in [0.1, 0.15) is 36.6 Å². The number of unbranched alkanes of at least 4 members (excludes halogenated alkanes) is 33. The van der Waals surface area contributed by atoms with E-state index in [4.69, 9.17) is 9.47 Å². The maximum Gasteiger partial charge on any atom is 0.249 e. The molecule has 11 nitrogen and oxygen atoms in total. The Bertz CT molecular complexity index is 1060. The maximum absolute atomic E-state index is 13.1. The van der Waals surface area contributed by atoms with Gasteiger partial charge in [0, 0.05) is 0 Å². The molecule has 9 unspecified atom stereocenters. The molecule has 1 heterocycles. The number of hydrogen-bond donors (Lipinski definition) is 8. The van der Waals surface area contributed by atoms with Crippen LogP contribution in [-0.4, -0.2) is 110 Å². The molecule has 386 valence electrons. The predicted octanol–water partition coefficient (Wildman–Crippen LogP) is 10.8. The van der Waals surface area contributed by atoms with Crippen molar-refractivity contribution in [1.29, 1.82) is 0 Å². The quantitative estimate of drug-likeness (QED) is 0.0215. The Morgan fingerprint density at radius 1 is 0.523 bits per heavy atom. The summed E-state index contributed by atoms with van der Waals surface area (Å²) in [5, 5.41) is 75.5. The first-order valence-electron chi connectivity index (χ1n) is 27.6. The summed E-state index contributed by atoms with van der Waals surface area (Å²) in [6.45, 7) is 3.40. The predicted molar refractivity (Wildman–Crippen MR) is 266 cm³/mol. The standard InChI is InChI=1S/C54H105NO10/c1-3-5-7-9-11-12-13-14-15-16-17-18-19-20-21-22-23-24-25-26-27-28-29-30-31-32-33-34-36-38-40-42-47(58)53(63)55-45(49(59)46(57)41-39-37-35-10-8-6-4-2)44-64-54-52(62)51(61)50(60)48(43-56)65-54/h20-21,45-52,54,56-62H,3-19,22-44H2,1-2H3,(H,55,63)/b21-20-. The van der Waals surface area contributed by atoms with E-state index in [0.29, 0.717) is 19.3 Å². The third kappa shape index (κ3) is 33.1. The van der Waals surface area contributed by atoms with Crippen LogP contribution in [0.4, 0.5) is 0 Å². The maximum atomic E-state index is 13.1. The lowest BCUT2D eigenvalue weighted by Crippen LogP contribution is -2.60. The van der Waals surface area contributed by atoms with Gasteiger partial charge in [-0.05, 0) is 38.5 Å². The number of hydrogen-bond acceptors (Lipinski definition) is 10. The third-order valence-corrected chi connectivity index (χ3v) is 13.6. The second-order valence-electron chi connectivity index (χ2n) is 19.7. The smallest absolute Gasteiger partial charge is 0.249 e. The van der Waals surface area contributed by atoms with E-state index in [9.17, 15) is 40.5 Å². The molecule has 9 atom stereocenters. The number of rotatable bonds is 47. The molecule has 0 saturated carbocycles. The Labute approximate surface area is 398 Å². The minimum Gasteiger partial charge on any atom is -0.394 e. The Balaban J connectivity index is 2.13. The Kier molecular flexibility index (Phi) is 42.0. The lowest BCUT2D eigenvalue weighted by Gasteiger charge is -2.40. The largest absolute Gasteiger partial charge is 0.394 e. The molecule has 0 aliphatic carbocycles. The van der Waals surface area contributed by atoms with E-state index >= 15 is 0 Å². The number of allylic oxidation sites excluding steroid dienone is 2. The van der Waals surface area contributed by atoms with Gasteiger partial charge in [-0.15, -0.1) is 0 Å². The van der Waals surface area contributed by atoms with E-state index in [1.807, 2.05) is 0 Å². The van der Waals surface area contributed by atoms with Crippen LogP contribution in [0.5, 0.6) is 0 Å². The molecule has 11 heteroatoms. The second-order valence-corrected chi connectivity index (χ2v) is 19.7. The van der Waals surface area contributed by atoms with Gasteiger partial charge >= 0.3 is 0 Å². The van der Waals surface area contributed by atoms with E-state index in [2.05, 4.69) is 31.3 Å². The van der Waals surface area contributed by atoms with Crippen LogP contribution in [-0.2, 0) is 14.3 Å². The minimum absolute atomic E-state index is 0.263. The number of aliphatic hydroxyl groups is 7. The van der Waals surface area contributed by atoms with Crippen LogP contribution >= 0.6 is 0 Å². The summed E-state index contributed by atoms with van der Waals surface area (Å²) in [6.07, 6.45) is 39.0. The molecular weight excluding hydrogens is 823 g/mol. The van der Waals surface area contributed by atoms with Crippen LogP contribution in [0.2, 0.25) is 0 Å². The highest BCUT2D eigenvalue weighted by Crippen LogP contribution is 2.23. The van der Waals surface area contributed by atoms with Crippen molar-refractivity contribution >= 4 is 5.91 Å². The van der Waals surface area contributed by atoms with E-state index in [1.165, 1.54) is 173 Å². The lowest BCUT2D eigenvalue weighted by molar-refractivity contribution is -0.303. The van der Waals surface area contributed by atoms with E-state index in [1.54, 1.807) is 0 Å². The number of carbonyl (C=O) groups is 1. The third-order valence-electron chi connectivity index (χ3n) is 13.6. The molecule has 1 saturated heterocycles. The monoisotopic (exact) mass is 928 g/mol. The van der Waals surface area contributed by atoms with Crippen LogP contribution in [0.25, 0.3) is 0 Å². The molecular formula is C54H105NO10. The van der Waals surface area contributed by atoms with Crippen molar-refractivity contribution in [3.8, 4) is 0 Å². The highest BCUT2D eigenvalue weighted by atomic mass is 16.7. The summed E-state index contributed by atoms with van der Waals surface area (Å²) in [5.41, 5.74) is 0. The van der Waals surface area contributed by atoms with E-state index < -0.39 is 74.2 Å². The fourth-order valence-electron chi connectivity index (χ4n) is 9.03. The molecule has 1 aliphatic rings. The molecule has 65 heavy (non-hydrogen) atoms. The van der Waals surface area contributed by atoms with Crippen LogP contribution < -0.4 is 5.32 Å². The molecule has 0 aromatic rings. The van der Waals surface area contributed by atoms with E-state index in [-0.39, 0.29) is 6.42 Å². The number of nitrogens with one attached hydrogen (secondary N) is 1. The molecule has 0 spiro atoms. The summed E-state index contributed by atoms with van der Waals surface area (Å²) in [5.74, 6) is -0.697. The number of ether oxygens (including phenoxy) is 2. The van der Waals surface area contributed by atoms with Crippen molar-refractivity contribution < 1.29 is 50.0 Å². The molecule has 0 aromatic heterocycles. The zero-order chi connectivity index (χ0) is 47.6. The van der Waals surface area contributed by atoms with E-state index in [0.717, 1.165) is 44.9 Å². The van der Waals surface area contributed by atoms with Gasteiger partial charge in [-0.2, -0.15) is 0 Å².